The zero-order valence-corrected chi connectivity index (χ0v) is 19.8. The summed E-state index contributed by atoms with van der Waals surface area (Å²) in [5.41, 5.74) is 6.16. The molecule has 6 nitrogen and oxygen atoms in total. The molecule has 2 aliphatic rings. The van der Waals surface area contributed by atoms with Gasteiger partial charge in [-0.15, -0.1) is 0 Å². The molecule has 0 aliphatic carbocycles. The molecule has 164 valence electrons. The largest absolute Gasteiger partial charge is 0.325 e. The summed E-state index contributed by atoms with van der Waals surface area (Å²) in [4.78, 5) is 19.4. The summed E-state index contributed by atoms with van der Waals surface area (Å²) in [5, 5.41) is 3.70. The molecule has 0 radical (unpaired) electrons. The second kappa shape index (κ2) is 8.31. The monoisotopic (exact) mass is 457 g/mol. The zero-order valence-electron chi connectivity index (χ0n) is 18.2. The molecule has 2 aromatic rings. The van der Waals surface area contributed by atoms with Crippen LogP contribution in [0, 0.1) is 27.7 Å². The van der Waals surface area contributed by atoms with Crippen molar-refractivity contribution in [2.24, 2.45) is 4.99 Å². The zero-order chi connectivity index (χ0) is 22.3. The quantitative estimate of drug-likeness (QED) is 0.758. The highest BCUT2D eigenvalue weighted by atomic mass is 32.2. The molecule has 2 atom stereocenters. The van der Waals surface area contributed by atoms with E-state index in [0.29, 0.717) is 5.17 Å². The van der Waals surface area contributed by atoms with Gasteiger partial charge in [-0.25, -0.2) is 8.42 Å². The van der Waals surface area contributed by atoms with Gasteiger partial charge in [0.05, 0.1) is 29.3 Å². The number of hydrogen-bond acceptors (Lipinski definition) is 6. The number of amides is 1. The van der Waals surface area contributed by atoms with Gasteiger partial charge in [-0.3, -0.25) is 9.79 Å². The molecule has 1 N–H and O–H groups in total. The summed E-state index contributed by atoms with van der Waals surface area (Å²) >= 11 is 1.36. The van der Waals surface area contributed by atoms with Crippen molar-refractivity contribution in [1.82, 2.24) is 0 Å². The third kappa shape index (κ3) is 4.50. The first-order valence-corrected chi connectivity index (χ1v) is 13.1. The molecule has 31 heavy (non-hydrogen) atoms. The fraction of sp³-hybridized carbons (Fsp3) is 0.391. The van der Waals surface area contributed by atoms with Crippen LogP contribution in [0.2, 0.25) is 0 Å². The number of benzene rings is 2. The van der Waals surface area contributed by atoms with E-state index in [1.165, 1.54) is 11.8 Å². The van der Waals surface area contributed by atoms with Crippen LogP contribution in [0.4, 0.5) is 11.4 Å². The summed E-state index contributed by atoms with van der Waals surface area (Å²) in [6.45, 7) is 8.06. The van der Waals surface area contributed by atoms with Gasteiger partial charge in [0.1, 0.15) is 0 Å². The number of anilines is 2. The number of hydrogen-bond donors (Lipinski definition) is 1. The van der Waals surface area contributed by atoms with E-state index in [0.717, 1.165) is 33.6 Å². The van der Waals surface area contributed by atoms with Crippen molar-refractivity contribution < 1.29 is 13.2 Å². The number of aryl methyl sites for hydroxylation is 3. The number of carbonyl (C=O) groups excluding carboxylic acids is 1. The van der Waals surface area contributed by atoms with Gasteiger partial charge in [0.15, 0.2) is 15.0 Å². The molecule has 0 bridgehead atoms. The van der Waals surface area contributed by atoms with Gasteiger partial charge in [0.2, 0.25) is 5.91 Å². The summed E-state index contributed by atoms with van der Waals surface area (Å²) in [6.07, 6.45) is 0. The third-order valence-corrected chi connectivity index (χ3v) is 8.60. The van der Waals surface area contributed by atoms with E-state index in [-0.39, 0.29) is 35.2 Å². The highest BCUT2D eigenvalue weighted by Crippen LogP contribution is 2.36. The van der Waals surface area contributed by atoms with E-state index in [2.05, 4.69) is 11.4 Å². The van der Waals surface area contributed by atoms with E-state index in [1.807, 2.05) is 62.9 Å². The number of nitrogens with one attached hydrogen (secondary N) is 1. The first kappa shape index (κ1) is 21.9. The lowest BCUT2D eigenvalue weighted by molar-refractivity contribution is -0.113. The Balaban J connectivity index is 1.54. The van der Waals surface area contributed by atoms with E-state index in [4.69, 9.17) is 4.99 Å². The second-order valence-electron chi connectivity index (χ2n) is 8.37. The number of rotatable bonds is 4. The average molecular weight is 458 g/mol. The number of aliphatic imine (C=N–C) groups is 1. The number of nitrogens with zero attached hydrogens (tertiary/aromatic N) is 2. The van der Waals surface area contributed by atoms with Gasteiger partial charge in [0.25, 0.3) is 0 Å². The van der Waals surface area contributed by atoms with Crippen LogP contribution in [0.3, 0.4) is 0 Å². The molecule has 1 fully saturated rings. The van der Waals surface area contributed by atoms with E-state index in [1.54, 1.807) is 0 Å². The van der Waals surface area contributed by atoms with Gasteiger partial charge in [0, 0.05) is 11.4 Å². The van der Waals surface area contributed by atoms with Crippen LogP contribution in [0.1, 0.15) is 22.3 Å². The third-order valence-electron chi connectivity index (χ3n) is 5.93. The highest BCUT2D eigenvalue weighted by Gasteiger charge is 2.47. The predicted molar refractivity (Wildman–Crippen MR) is 129 cm³/mol. The second-order valence-corrected chi connectivity index (χ2v) is 11.5. The number of carbonyl (C=O) groups is 1. The minimum Gasteiger partial charge on any atom is -0.325 e. The van der Waals surface area contributed by atoms with Crippen molar-refractivity contribution in [3.05, 3.63) is 58.7 Å². The molecule has 0 spiro atoms. The molecule has 2 heterocycles. The van der Waals surface area contributed by atoms with Crippen molar-refractivity contribution >= 4 is 44.0 Å². The first-order valence-electron chi connectivity index (χ1n) is 10.3. The Morgan fingerprint density at radius 2 is 1.90 bits per heavy atom. The van der Waals surface area contributed by atoms with Gasteiger partial charge < -0.3 is 10.2 Å². The van der Waals surface area contributed by atoms with Crippen molar-refractivity contribution in [2.75, 3.05) is 27.5 Å². The molecule has 4 rings (SSSR count). The maximum absolute atomic E-state index is 12.6. The summed E-state index contributed by atoms with van der Waals surface area (Å²) in [7, 11) is -3.11. The smallest absolute Gasteiger partial charge is 0.234 e. The normalized spacial score (nSPS) is 21.7. The maximum Gasteiger partial charge on any atom is 0.234 e. The fourth-order valence-corrected chi connectivity index (χ4v) is 6.95. The molecule has 1 amide bonds. The number of fused-ring (bicyclic) bond motifs is 1. The summed E-state index contributed by atoms with van der Waals surface area (Å²) < 4.78 is 24.5. The van der Waals surface area contributed by atoms with Crippen LogP contribution < -0.4 is 10.2 Å². The Hall–Kier alpha value is -2.32. The lowest BCUT2D eigenvalue weighted by Crippen LogP contribution is -2.39. The van der Waals surface area contributed by atoms with E-state index >= 15 is 0 Å². The standard InChI is InChI=1S/C23H27N3O3S2/c1-14-8-9-20(16(3)10-14)26-21-13-31(28,29)12-19(21)25-23(26)30-11-22(27)24-18-7-5-6-15(2)17(18)4/h5-10,19,21H,11-13H2,1-4H3,(H,24,27)/t19-,21+/m0/s1. The highest BCUT2D eigenvalue weighted by molar-refractivity contribution is 8.14. The molecule has 1 saturated heterocycles. The molecular formula is C23H27N3O3S2. The summed E-state index contributed by atoms with van der Waals surface area (Å²) in [6, 6.07) is 11.5. The van der Waals surface area contributed by atoms with Crippen LogP contribution in [0.15, 0.2) is 41.4 Å². The molecule has 0 aromatic heterocycles. The average Bonchev–Trinajstić information content (AvgIpc) is 3.15. The van der Waals surface area contributed by atoms with Gasteiger partial charge in [-0.2, -0.15) is 0 Å². The van der Waals surface area contributed by atoms with Crippen molar-refractivity contribution in [2.45, 2.75) is 39.8 Å². The minimum atomic E-state index is -3.11. The Labute approximate surface area is 188 Å². The molecule has 0 saturated carbocycles. The maximum atomic E-state index is 12.6. The Morgan fingerprint density at radius 3 is 2.65 bits per heavy atom. The fourth-order valence-electron chi connectivity index (χ4n) is 4.19. The lowest BCUT2D eigenvalue weighted by Gasteiger charge is -2.28. The topological polar surface area (TPSA) is 78.8 Å². The van der Waals surface area contributed by atoms with E-state index in [9.17, 15) is 13.2 Å². The van der Waals surface area contributed by atoms with Crippen LogP contribution >= 0.6 is 11.8 Å². The van der Waals surface area contributed by atoms with Gasteiger partial charge in [-0.1, -0.05) is 41.6 Å². The predicted octanol–water partition coefficient (Wildman–Crippen LogP) is 3.63. The molecule has 2 aromatic carbocycles. The van der Waals surface area contributed by atoms with E-state index < -0.39 is 9.84 Å². The minimum absolute atomic E-state index is 0.0673. The number of sulfone groups is 1. The first-order chi connectivity index (χ1) is 14.6. The number of amidine groups is 1. The van der Waals surface area contributed by atoms with Crippen LogP contribution in [-0.2, 0) is 14.6 Å². The van der Waals surface area contributed by atoms with Crippen molar-refractivity contribution in [3.63, 3.8) is 0 Å². The van der Waals surface area contributed by atoms with Crippen molar-refractivity contribution in [3.8, 4) is 0 Å². The van der Waals surface area contributed by atoms with Crippen LogP contribution in [0.25, 0.3) is 0 Å². The molecular weight excluding hydrogens is 430 g/mol. The van der Waals surface area contributed by atoms with Gasteiger partial charge in [-0.05, 0) is 56.5 Å². The van der Waals surface area contributed by atoms with Gasteiger partial charge >= 0.3 is 0 Å². The Kier molecular flexibility index (Phi) is 5.87. The molecule has 0 unspecified atom stereocenters. The lowest BCUT2D eigenvalue weighted by atomic mass is 10.1. The number of thioether (sulfide) groups is 1. The molecule has 2 aliphatic heterocycles. The summed E-state index contributed by atoms with van der Waals surface area (Å²) in [5.74, 6) is 0.261. The Bertz CT molecular complexity index is 1170. The SMILES string of the molecule is Cc1ccc(N2C(SCC(=O)Nc3cccc(C)c3C)=N[C@H]3CS(=O)(=O)C[C@H]32)c(C)c1. The van der Waals surface area contributed by atoms with Crippen LogP contribution in [0.5, 0.6) is 0 Å². The van der Waals surface area contributed by atoms with Crippen LogP contribution in [-0.4, -0.2) is 48.8 Å². The van der Waals surface area contributed by atoms with Crippen molar-refractivity contribution in [1.29, 1.82) is 0 Å². The Morgan fingerprint density at radius 1 is 1.13 bits per heavy atom. The molecule has 8 heteroatoms.